The first-order valence-corrected chi connectivity index (χ1v) is 7.32. The van der Waals surface area contributed by atoms with Gasteiger partial charge in [0, 0.05) is 26.2 Å². The zero-order valence-corrected chi connectivity index (χ0v) is 13.1. The SMILES string of the molecule is COCCNCc1cccc(OCCC(=O)NC(C)C)c1. The van der Waals surface area contributed by atoms with Gasteiger partial charge in [-0.05, 0) is 31.5 Å². The van der Waals surface area contributed by atoms with Gasteiger partial charge >= 0.3 is 0 Å². The van der Waals surface area contributed by atoms with Crippen molar-refractivity contribution in [2.24, 2.45) is 0 Å². The van der Waals surface area contributed by atoms with E-state index in [9.17, 15) is 4.79 Å². The molecule has 2 N–H and O–H groups in total. The van der Waals surface area contributed by atoms with Crippen molar-refractivity contribution in [1.29, 1.82) is 0 Å². The molecule has 0 radical (unpaired) electrons. The number of rotatable bonds is 10. The van der Waals surface area contributed by atoms with Gasteiger partial charge in [-0.25, -0.2) is 0 Å². The second-order valence-electron chi connectivity index (χ2n) is 5.14. The number of hydrogen-bond acceptors (Lipinski definition) is 4. The fourth-order valence-corrected chi connectivity index (χ4v) is 1.81. The molecule has 0 bridgehead atoms. The van der Waals surface area contributed by atoms with Crippen LogP contribution in [0.3, 0.4) is 0 Å². The largest absolute Gasteiger partial charge is 0.493 e. The van der Waals surface area contributed by atoms with Crippen LogP contribution in [0.4, 0.5) is 0 Å². The average molecular weight is 294 g/mol. The number of carbonyl (C=O) groups excluding carboxylic acids is 1. The molecule has 0 aromatic heterocycles. The van der Waals surface area contributed by atoms with E-state index < -0.39 is 0 Å². The molecule has 0 aliphatic heterocycles. The van der Waals surface area contributed by atoms with Crippen molar-refractivity contribution in [3.63, 3.8) is 0 Å². The molecule has 5 nitrogen and oxygen atoms in total. The second kappa shape index (κ2) is 10.2. The maximum atomic E-state index is 11.5. The van der Waals surface area contributed by atoms with Crippen molar-refractivity contribution < 1.29 is 14.3 Å². The lowest BCUT2D eigenvalue weighted by molar-refractivity contribution is -0.122. The lowest BCUT2D eigenvalue weighted by Gasteiger charge is -2.10. The standard InChI is InChI=1S/C16H26N2O3/c1-13(2)18-16(19)7-9-21-15-6-4-5-14(11-15)12-17-8-10-20-3/h4-6,11,13,17H,7-10,12H2,1-3H3,(H,18,19). The summed E-state index contributed by atoms with van der Waals surface area (Å²) in [5, 5.41) is 6.12. The Bertz CT molecular complexity index is 422. The smallest absolute Gasteiger partial charge is 0.223 e. The molecule has 5 heteroatoms. The molecule has 0 heterocycles. The Labute approximate surface area is 127 Å². The number of hydrogen-bond donors (Lipinski definition) is 2. The van der Waals surface area contributed by atoms with E-state index in [4.69, 9.17) is 9.47 Å². The van der Waals surface area contributed by atoms with Gasteiger partial charge in [-0.3, -0.25) is 4.79 Å². The van der Waals surface area contributed by atoms with Crippen molar-refractivity contribution >= 4 is 5.91 Å². The van der Waals surface area contributed by atoms with Crippen LogP contribution in [-0.4, -0.2) is 38.8 Å². The summed E-state index contributed by atoms with van der Waals surface area (Å²) in [4.78, 5) is 11.5. The summed E-state index contributed by atoms with van der Waals surface area (Å²) in [6.45, 7) is 6.56. The average Bonchev–Trinajstić information content (AvgIpc) is 2.43. The topological polar surface area (TPSA) is 59.6 Å². The van der Waals surface area contributed by atoms with Gasteiger partial charge in [0.05, 0.1) is 19.6 Å². The second-order valence-corrected chi connectivity index (χ2v) is 5.14. The Morgan fingerprint density at radius 2 is 2.10 bits per heavy atom. The van der Waals surface area contributed by atoms with E-state index in [2.05, 4.69) is 10.6 Å². The van der Waals surface area contributed by atoms with Gasteiger partial charge in [-0.1, -0.05) is 12.1 Å². The van der Waals surface area contributed by atoms with Crippen LogP contribution in [-0.2, 0) is 16.1 Å². The first kappa shape index (κ1) is 17.5. The van der Waals surface area contributed by atoms with Crippen molar-refractivity contribution in [2.75, 3.05) is 26.9 Å². The summed E-state index contributed by atoms with van der Waals surface area (Å²) in [5.74, 6) is 0.806. The number of methoxy groups -OCH3 is 1. The van der Waals surface area contributed by atoms with E-state index in [0.29, 0.717) is 19.6 Å². The molecule has 0 aliphatic carbocycles. The number of carbonyl (C=O) groups is 1. The van der Waals surface area contributed by atoms with Crippen LogP contribution < -0.4 is 15.4 Å². The fraction of sp³-hybridized carbons (Fsp3) is 0.562. The molecule has 1 aromatic carbocycles. The maximum Gasteiger partial charge on any atom is 0.223 e. The molecule has 0 atom stereocenters. The Morgan fingerprint density at radius 1 is 1.29 bits per heavy atom. The third-order valence-corrected chi connectivity index (χ3v) is 2.76. The Balaban J connectivity index is 2.30. The summed E-state index contributed by atoms with van der Waals surface area (Å²) in [6, 6.07) is 8.05. The Hall–Kier alpha value is -1.59. The summed E-state index contributed by atoms with van der Waals surface area (Å²) in [6.07, 6.45) is 0.370. The van der Waals surface area contributed by atoms with E-state index in [-0.39, 0.29) is 11.9 Å². The summed E-state index contributed by atoms with van der Waals surface area (Å²) < 4.78 is 10.6. The maximum absolute atomic E-state index is 11.5. The van der Waals surface area contributed by atoms with Crippen LogP contribution in [0.5, 0.6) is 5.75 Å². The molecule has 1 amide bonds. The van der Waals surface area contributed by atoms with Crippen LogP contribution in [0.2, 0.25) is 0 Å². The number of benzene rings is 1. The highest BCUT2D eigenvalue weighted by molar-refractivity contribution is 5.76. The monoisotopic (exact) mass is 294 g/mol. The molecule has 118 valence electrons. The molecule has 21 heavy (non-hydrogen) atoms. The summed E-state index contributed by atoms with van der Waals surface area (Å²) >= 11 is 0. The molecule has 0 fully saturated rings. The van der Waals surface area contributed by atoms with Crippen LogP contribution in [0.25, 0.3) is 0 Å². The molecule has 1 rings (SSSR count). The number of amides is 1. The quantitative estimate of drug-likeness (QED) is 0.645. The van der Waals surface area contributed by atoms with Crippen LogP contribution in [0.1, 0.15) is 25.8 Å². The minimum atomic E-state index is 0.0161. The highest BCUT2D eigenvalue weighted by Gasteiger charge is 2.04. The van der Waals surface area contributed by atoms with E-state index >= 15 is 0 Å². The van der Waals surface area contributed by atoms with E-state index in [1.54, 1.807) is 7.11 Å². The van der Waals surface area contributed by atoms with Crippen molar-refractivity contribution in [2.45, 2.75) is 32.9 Å². The van der Waals surface area contributed by atoms with Gasteiger partial charge in [0.1, 0.15) is 5.75 Å². The normalized spacial score (nSPS) is 10.7. The highest BCUT2D eigenvalue weighted by atomic mass is 16.5. The minimum Gasteiger partial charge on any atom is -0.493 e. The van der Waals surface area contributed by atoms with Gasteiger partial charge in [0.25, 0.3) is 0 Å². The van der Waals surface area contributed by atoms with Gasteiger partial charge in [-0.2, -0.15) is 0 Å². The lowest BCUT2D eigenvalue weighted by atomic mass is 10.2. The molecule has 0 unspecified atom stereocenters. The Kier molecular flexibility index (Phi) is 8.47. The van der Waals surface area contributed by atoms with Gasteiger partial charge in [0.15, 0.2) is 0 Å². The third-order valence-electron chi connectivity index (χ3n) is 2.76. The predicted molar refractivity (Wildman–Crippen MR) is 83.4 cm³/mol. The van der Waals surface area contributed by atoms with Gasteiger partial charge in [0.2, 0.25) is 5.91 Å². The van der Waals surface area contributed by atoms with Crippen LogP contribution in [0.15, 0.2) is 24.3 Å². The minimum absolute atomic E-state index is 0.0161. The zero-order valence-electron chi connectivity index (χ0n) is 13.1. The van der Waals surface area contributed by atoms with Crippen molar-refractivity contribution in [3.05, 3.63) is 29.8 Å². The molecule has 1 aromatic rings. The predicted octanol–water partition coefficient (Wildman–Crippen LogP) is 1.72. The van der Waals surface area contributed by atoms with E-state index in [1.807, 2.05) is 38.1 Å². The molecule has 0 saturated heterocycles. The molecular weight excluding hydrogens is 268 g/mol. The van der Waals surface area contributed by atoms with Crippen LogP contribution in [0, 0.1) is 0 Å². The molecule has 0 aliphatic rings. The molecular formula is C16H26N2O3. The van der Waals surface area contributed by atoms with Crippen molar-refractivity contribution in [1.82, 2.24) is 10.6 Å². The molecule has 0 saturated carbocycles. The molecule has 0 spiro atoms. The summed E-state index contributed by atoms with van der Waals surface area (Å²) in [7, 11) is 1.69. The van der Waals surface area contributed by atoms with Crippen molar-refractivity contribution in [3.8, 4) is 5.75 Å². The van der Waals surface area contributed by atoms with E-state index in [0.717, 1.165) is 24.4 Å². The fourth-order valence-electron chi connectivity index (χ4n) is 1.81. The number of ether oxygens (including phenoxy) is 2. The zero-order chi connectivity index (χ0) is 15.5. The van der Waals surface area contributed by atoms with E-state index in [1.165, 1.54) is 0 Å². The van der Waals surface area contributed by atoms with Crippen LogP contribution >= 0.6 is 0 Å². The first-order chi connectivity index (χ1) is 10.1. The first-order valence-electron chi connectivity index (χ1n) is 7.32. The lowest BCUT2D eigenvalue weighted by Crippen LogP contribution is -2.31. The third kappa shape index (κ3) is 8.32. The van der Waals surface area contributed by atoms with Gasteiger partial charge < -0.3 is 20.1 Å². The Morgan fingerprint density at radius 3 is 2.81 bits per heavy atom. The summed E-state index contributed by atoms with van der Waals surface area (Å²) in [5.41, 5.74) is 1.15. The highest BCUT2D eigenvalue weighted by Crippen LogP contribution is 2.13. The number of nitrogens with one attached hydrogen (secondary N) is 2. The van der Waals surface area contributed by atoms with Gasteiger partial charge in [-0.15, -0.1) is 0 Å².